The van der Waals surface area contributed by atoms with Crippen molar-refractivity contribution < 1.29 is 4.74 Å². The molecule has 1 aliphatic heterocycles. The van der Waals surface area contributed by atoms with E-state index >= 15 is 0 Å². The molecule has 0 spiro atoms. The number of pyridine rings is 1. The van der Waals surface area contributed by atoms with E-state index in [9.17, 15) is 0 Å². The Morgan fingerprint density at radius 2 is 2.67 bits per heavy atom. The van der Waals surface area contributed by atoms with Gasteiger partial charge in [-0.25, -0.2) is 0 Å². The molecule has 1 aromatic heterocycles. The molecular weight excluding hydrogens is 156 g/mol. The molecule has 0 amide bonds. The van der Waals surface area contributed by atoms with Crippen LogP contribution in [-0.2, 0) is 0 Å². The zero-order chi connectivity index (χ0) is 8.39. The average Bonchev–Trinajstić information content (AvgIpc) is 2.50. The van der Waals surface area contributed by atoms with Crippen LogP contribution >= 0.6 is 0 Å². The number of rotatable bonds is 1. The highest BCUT2D eigenvalue weighted by Gasteiger charge is 2.23. The summed E-state index contributed by atoms with van der Waals surface area (Å²) in [6.07, 6.45) is 1.66. The third kappa shape index (κ3) is 0.963. The number of fused-ring (bicyclic) bond motifs is 1. The highest BCUT2D eigenvalue weighted by molar-refractivity contribution is 5.33. The lowest BCUT2D eigenvalue weighted by atomic mass is 10.2. The van der Waals surface area contributed by atoms with Crippen LogP contribution in [0.2, 0.25) is 0 Å². The fourth-order valence-electron chi connectivity index (χ4n) is 1.17. The van der Waals surface area contributed by atoms with Crippen molar-refractivity contribution in [3.05, 3.63) is 34.5 Å². The van der Waals surface area contributed by atoms with E-state index < -0.39 is 0 Å². The van der Waals surface area contributed by atoms with Crippen LogP contribution in [-0.4, -0.2) is 11.6 Å². The number of azide groups is 1. The quantitative estimate of drug-likeness (QED) is 0.359. The number of ether oxygens (including phenoxy) is 1. The van der Waals surface area contributed by atoms with E-state index in [1.807, 2.05) is 6.07 Å². The summed E-state index contributed by atoms with van der Waals surface area (Å²) in [7, 11) is 0. The molecule has 0 N–H and O–H groups in total. The molecule has 1 aliphatic rings. The molecule has 2 rings (SSSR count). The molecule has 0 aromatic carbocycles. The van der Waals surface area contributed by atoms with Crippen LogP contribution in [0.5, 0.6) is 5.75 Å². The van der Waals surface area contributed by atoms with E-state index in [1.165, 1.54) is 0 Å². The Balaban J connectivity index is 2.42. The summed E-state index contributed by atoms with van der Waals surface area (Å²) >= 11 is 0. The summed E-state index contributed by atoms with van der Waals surface area (Å²) in [5, 5.41) is 3.56. The Labute approximate surface area is 68.6 Å². The van der Waals surface area contributed by atoms with Crippen molar-refractivity contribution in [3.63, 3.8) is 0 Å². The largest absolute Gasteiger partial charge is 0.491 e. The van der Waals surface area contributed by atoms with Gasteiger partial charge in [0.2, 0.25) is 0 Å². The SMILES string of the molecule is [N-]=[N+]=NC1COc2cccnc21. The Kier molecular flexibility index (Phi) is 1.57. The summed E-state index contributed by atoms with van der Waals surface area (Å²) in [6, 6.07) is 3.35. The van der Waals surface area contributed by atoms with Gasteiger partial charge in [-0.05, 0) is 17.7 Å². The first-order valence-electron chi connectivity index (χ1n) is 3.54. The zero-order valence-corrected chi connectivity index (χ0v) is 6.21. The maximum absolute atomic E-state index is 8.23. The molecule has 0 fully saturated rings. The molecule has 1 atom stereocenters. The van der Waals surface area contributed by atoms with Crippen molar-refractivity contribution in [3.8, 4) is 5.75 Å². The number of nitrogens with zero attached hydrogens (tertiary/aromatic N) is 4. The van der Waals surface area contributed by atoms with Crippen molar-refractivity contribution in [2.45, 2.75) is 6.04 Å². The first kappa shape index (κ1) is 6.94. The standard InChI is InChI=1S/C7H6N4O/c8-11-10-5-4-12-6-2-1-3-9-7(5)6/h1-3,5H,4H2. The van der Waals surface area contributed by atoms with Gasteiger partial charge in [0.1, 0.15) is 18.4 Å². The Bertz CT molecular complexity index is 345. The Hall–Kier alpha value is -1.74. The van der Waals surface area contributed by atoms with Gasteiger partial charge in [0.25, 0.3) is 0 Å². The predicted octanol–water partition coefficient (Wildman–Crippen LogP) is 1.83. The zero-order valence-electron chi connectivity index (χ0n) is 6.21. The van der Waals surface area contributed by atoms with Crippen molar-refractivity contribution in [2.24, 2.45) is 5.11 Å². The normalized spacial score (nSPS) is 19.2. The second-order valence-electron chi connectivity index (χ2n) is 2.42. The molecule has 60 valence electrons. The first-order valence-corrected chi connectivity index (χ1v) is 3.54. The molecule has 1 aromatic rings. The van der Waals surface area contributed by atoms with Gasteiger partial charge in [0.15, 0.2) is 0 Å². The van der Waals surface area contributed by atoms with Gasteiger partial charge >= 0.3 is 0 Å². The van der Waals surface area contributed by atoms with E-state index in [0.29, 0.717) is 6.61 Å². The van der Waals surface area contributed by atoms with Gasteiger partial charge in [0, 0.05) is 11.1 Å². The summed E-state index contributed by atoms with van der Waals surface area (Å²) in [4.78, 5) is 6.79. The average molecular weight is 162 g/mol. The summed E-state index contributed by atoms with van der Waals surface area (Å²) in [5.41, 5.74) is 8.96. The fourth-order valence-corrected chi connectivity index (χ4v) is 1.17. The number of aromatic nitrogens is 1. The molecule has 0 radical (unpaired) electrons. The van der Waals surface area contributed by atoms with Crippen molar-refractivity contribution in [1.82, 2.24) is 4.98 Å². The maximum Gasteiger partial charge on any atom is 0.141 e. The molecule has 0 saturated heterocycles. The van der Waals surface area contributed by atoms with Gasteiger partial charge in [-0.3, -0.25) is 4.98 Å². The molecule has 5 nitrogen and oxygen atoms in total. The van der Waals surface area contributed by atoms with Crippen LogP contribution in [0.15, 0.2) is 23.4 Å². The van der Waals surface area contributed by atoms with Gasteiger partial charge < -0.3 is 4.74 Å². The van der Waals surface area contributed by atoms with Gasteiger partial charge in [-0.2, -0.15) is 0 Å². The Morgan fingerprint density at radius 1 is 1.75 bits per heavy atom. The molecule has 0 bridgehead atoms. The summed E-state index contributed by atoms with van der Waals surface area (Å²) in [5.74, 6) is 0.718. The van der Waals surface area contributed by atoms with Crippen LogP contribution in [0.3, 0.4) is 0 Å². The van der Waals surface area contributed by atoms with E-state index in [1.54, 1.807) is 12.3 Å². The molecule has 1 unspecified atom stereocenters. The van der Waals surface area contributed by atoms with Gasteiger partial charge in [0.05, 0.1) is 5.69 Å². The van der Waals surface area contributed by atoms with Gasteiger partial charge in [-0.15, -0.1) is 0 Å². The lowest BCUT2D eigenvalue weighted by molar-refractivity contribution is 0.333. The second-order valence-corrected chi connectivity index (χ2v) is 2.42. The molecule has 5 heteroatoms. The van der Waals surface area contributed by atoms with E-state index in [-0.39, 0.29) is 6.04 Å². The van der Waals surface area contributed by atoms with Crippen LogP contribution in [0.25, 0.3) is 10.4 Å². The molecule has 2 heterocycles. The maximum atomic E-state index is 8.23. The van der Waals surface area contributed by atoms with Crippen molar-refractivity contribution in [2.75, 3.05) is 6.61 Å². The molecule has 12 heavy (non-hydrogen) atoms. The minimum Gasteiger partial charge on any atom is -0.491 e. The molecule has 0 saturated carbocycles. The first-order chi connectivity index (χ1) is 5.92. The second kappa shape index (κ2) is 2.71. The molecule has 0 aliphatic carbocycles. The summed E-state index contributed by atoms with van der Waals surface area (Å²) in [6.45, 7) is 0.399. The van der Waals surface area contributed by atoms with E-state index in [4.69, 9.17) is 10.3 Å². The lowest BCUT2D eigenvalue weighted by Gasteiger charge is -1.95. The van der Waals surface area contributed by atoms with Crippen molar-refractivity contribution in [1.29, 1.82) is 0 Å². The highest BCUT2D eigenvalue weighted by Crippen LogP contribution is 2.31. The third-order valence-electron chi connectivity index (χ3n) is 1.70. The van der Waals surface area contributed by atoms with Crippen LogP contribution in [0.1, 0.15) is 11.7 Å². The topological polar surface area (TPSA) is 70.9 Å². The smallest absolute Gasteiger partial charge is 0.141 e. The van der Waals surface area contributed by atoms with E-state index in [2.05, 4.69) is 15.0 Å². The fraction of sp³-hybridized carbons (Fsp3) is 0.286. The third-order valence-corrected chi connectivity index (χ3v) is 1.70. The number of hydrogen-bond acceptors (Lipinski definition) is 3. The van der Waals surface area contributed by atoms with Crippen LogP contribution < -0.4 is 4.74 Å². The van der Waals surface area contributed by atoms with Gasteiger partial charge in [-0.1, -0.05) is 5.11 Å². The minimum atomic E-state index is -0.258. The van der Waals surface area contributed by atoms with Crippen LogP contribution in [0.4, 0.5) is 0 Å². The predicted molar refractivity (Wildman–Crippen MR) is 41.6 cm³/mol. The molecular formula is C7H6N4O. The minimum absolute atomic E-state index is 0.258. The summed E-state index contributed by atoms with van der Waals surface area (Å²) < 4.78 is 5.24. The lowest BCUT2D eigenvalue weighted by Crippen LogP contribution is -1.96. The highest BCUT2D eigenvalue weighted by atomic mass is 16.5. The number of hydrogen-bond donors (Lipinski definition) is 0. The monoisotopic (exact) mass is 162 g/mol. The Morgan fingerprint density at radius 3 is 3.50 bits per heavy atom. The van der Waals surface area contributed by atoms with Crippen molar-refractivity contribution >= 4 is 0 Å². The van der Waals surface area contributed by atoms with E-state index in [0.717, 1.165) is 11.4 Å². The van der Waals surface area contributed by atoms with Crippen LogP contribution in [0, 0.1) is 0 Å².